The highest BCUT2D eigenvalue weighted by Crippen LogP contribution is 2.10. The standard InChI is InChI=1S/C9H11NO2/c1-3-9(11)8-6-7(12-2)4-5-10-8/h4-6H,3H2,1-2H3. The average Bonchev–Trinajstić information content (AvgIpc) is 2.17. The fourth-order valence-corrected chi connectivity index (χ4v) is 0.872. The van der Waals surface area contributed by atoms with Crippen molar-refractivity contribution in [3.8, 4) is 5.75 Å². The molecule has 3 heteroatoms. The number of hydrogen-bond acceptors (Lipinski definition) is 3. The molecule has 0 fully saturated rings. The SMILES string of the molecule is CCC(=O)c1cc(OC)ccn1. The number of aromatic nitrogens is 1. The fourth-order valence-electron chi connectivity index (χ4n) is 0.872. The molecule has 0 aliphatic carbocycles. The highest BCUT2D eigenvalue weighted by molar-refractivity contribution is 5.94. The van der Waals surface area contributed by atoms with E-state index >= 15 is 0 Å². The molecule has 0 aliphatic heterocycles. The van der Waals surface area contributed by atoms with Crippen LogP contribution in [0.3, 0.4) is 0 Å². The third-order valence-corrected chi connectivity index (χ3v) is 1.57. The number of hydrogen-bond donors (Lipinski definition) is 0. The van der Waals surface area contributed by atoms with Crippen LogP contribution in [0, 0.1) is 0 Å². The van der Waals surface area contributed by atoms with E-state index in [-0.39, 0.29) is 5.78 Å². The summed E-state index contributed by atoms with van der Waals surface area (Å²) in [6.07, 6.45) is 2.04. The van der Waals surface area contributed by atoms with Crippen molar-refractivity contribution in [1.29, 1.82) is 0 Å². The van der Waals surface area contributed by atoms with Crippen molar-refractivity contribution < 1.29 is 9.53 Å². The summed E-state index contributed by atoms with van der Waals surface area (Å²) in [6.45, 7) is 1.81. The fraction of sp³-hybridized carbons (Fsp3) is 0.333. The van der Waals surface area contributed by atoms with E-state index < -0.39 is 0 Å². The summed E-state index contributed by atoms with van der Waals surface area (Å²) in [5.74, 6) is 0.704. The van der Waals surface area contributed by atoms with Crippen molar-refractivity contribution in [2.75, 3.05) is 7.11 Å². The molecule has 0 N–H and O–H groups in total. The number of carbonyl (C=O) groups excluding carboxylic acids is 1. The van der Waals surface area contributed by atoms with Crippen LogP contribution in [0.2, 0.25) is 0 Å². The smallest absolute Gasteiger partial charge is 0.181 e. The molecule has 1 aromatic rings. The Morgan fingerprint density at radius 3 is 3.00 bits per heavy atom. The Kier molecular flexibility index (Phi) is 2.80. The molecule has 1 rings (SSSR count). The number of pyridine rings is 1. The van der Waals surface area contributed by atoms with Gasteiger partial charge in [0.05, 0.1) is 7.11 Å². The molecule has 0 radical (unpaired) electrons. The topological polar surface area (TPSA) is 39.2 Å². The van der Waals surface area contributed by atoms with E-state index in [0.717, 1.165) is 0 Å². The van der Waals surface area contributed by atoms with E-state index in [0.29, 0.717) is 17.9 Å². The van der Waals surface area contributed by atoms with Crippen molar-refractivity contribution in [1.82, 2.24) is 4.98 Å². The molecular weight excluding hydrogens is 154 g/mol. The zero-order valence-electron chi connectivity index (χ0n) is 7.20. The predicted molar refractivity (Wildman–Crippen MR) is 45.4 cm³/mol. The zero-order chi connectivity index (χ0) is 8.97. The van der Waals surface area contributed by atoms with E-state index in [2.05, 4.69) is 4.98 Å². The highest BCUT2D eigenvalue weighted by atomic mass is 16.5. The minimum absolute atomic E-state index is 0.0360. The van der Waals surface area contributed by atoms with Gasteiger partial charge in [-0.3, -0.25) is 9.78 Å². The molecule has 12 heavy (non-hydrogen) atoms. The van der Waals surface area contributed by atoms with Gasteiger partial charge in [0.15, 0.2) is 5.78 Å². The van der Waals surface area contributed by atoms with Gasteiger partial charge in [0.2, 0.25) is 0 Å². The van der Waals surface area contributed by atoms with Gasteiger partial charge in [0, 0.05) is 18.7 Å². The Morgan fingerprint density at radius 2 is 2.42 bits per heavy atom. The first-order chi connectivity index (χ1) is 5.77. The molecule has 0 saturated carbocycles. The van der Waals surface area contributed by atoms with Crippen LogP contribution in [-0.4, -0.2) is 17.9 Å². The van der Waals surface area contributed by atoms with E-state index in [4.69, 9.17) is 4.74 Å². The molecule has 0 spiro atoms. The Labute approximate surface area is 71.4 Å². The Morgan fingerprint density at radius 1 is 1.67 bits per heavy atom. The molecule has 3 nitrogen and oxygen atoms in total. The predicted octanol–water partition coefficient (Wildman–Crippen LogP) is 1.68. The molecule has 0 aliphatic rings. The maximum Gasteiger partial charge on any atom is 0.181 e. The van der Waals surface area contributed by atoms with Crippen LogP contribution < -0.4 is 4.74 Å². The van der Waals surface area contributed by atoms with Gasteiger partial charge >= 0.3 is 0 Å². The monoisotopic (exact) mass is 165 g/mol. The third kappa shape index (κ3) is 1.81. The van der Waals surface area contributed by atoms with E-state index in [1.165, 1.54) is 0 Å². The lowest BCUT2D eigenvalue weighted by atomic mass is 10.2. The van der Waals surface area contributed by atoms with Crippen LogP contribution in [0.4, 0.5) is 0 Å². The van der Waals surface area contributed by atoms with Gasteiger partial charge in [-0.25, -0.2) is 0 Å². The summed E-state index contributed by atoms with van der Waals surface area (Å²) >= 11 is 0. The molecule has 0 atom stereocenters. The highest BCUT2D eigenvalue weighted by Gasteiger charge is 2.04. The number of ether oxygens (including phenoxy) is 1. The van der Waals surface area contributed by atoms with Gasteiger partial charge < -0.3 is 4.74 Å². The van der Waals surface area contributed by atoms with E-state index in [9.17, 15) is 4.79 Å². The number of methoxy groups -OCH3 is 1. The molecule has 1 heterocycles. The second kappa shape index (κ2) is 3.85. The van der Waals surface area contributed by atoms with Crippen molar-refractivity contribution in [2.45, 2.75) is 13.3 Å². The average molecular weight is 165 g/mol. The quantitative estimate of drug-likeness (QED) is 0.640. The second-order valence-corrected chi connectivity index (χ2v) is 2.36. The third-order valence-electron chi connectivity index (χ3n) is 1.57. The van der Waals surface area contributed by atoms with Crippen LogP contribution in [0.25, 0.3) is 0 Å². The van der Waals surface area contributed by atoms with Gasteiger partial charge in [0.25, 0.3) is 0 Å². The second-order valence-electron chi connectivity index (χ2n) is 2.36. The Hall–Kier alpha value is -1.38. The van der Waals surface area contributed by atoms with Crippen LogP contribution in [0.1, 0.15) is 23.8 Å². The van der Waals surface area contributed by atoms with Crippen molar-refractivity contribution in [3.05, 3.63) is 24.0 Å². The minimum atomic E-state index is 0.0360. The summed E-state index contributed by atoms with van der Waals surface area (Å²) in [4.78, 5) is 15.1. The normalized spacial score (nSPS) is 9.50. The number of Topliss-reactive ketones (excluding diaryl/α,β-unsaturated/α-hetero) is 1. The van der Waals surface area contributed by atoms with E-state index in [1.807, 2.05) is 6.92 Å². The van der Waals surface area contributed by atoms with Gasteiger partial charge in [-0.15, -0.1) is 0 Å². The molecule has 1 aromatic heterocycles. The largest absolute Gasteiger partial charge is 0.497 e. The summed E-state index contributed by atoms with van der Waals surface area (Å²) < 4.78 is 4.96. The van der Waals surface area contributed by atoms with Gasteiger partial charge in [0.1, 0.15) is 11.4 Å². The first-order valence-corrected chi connectivity index (χ1v) is 3.81. The lowest BCUT2D eigenvalue weighted by Gasteiger charge is -2.00. The molecule has 0 unspecified atom stereocenters. The first-order valence-electron chi connectivity index (χ1n) is 3.81. The number of rotatable bonds is 3. The Bertz CT molecular complexity index is 284. The molecule has 0 aromatic carbocycles. The summed E-state index contributed by atoms with van der Waals surface area (Å²) in [6, 6.07) is 3.36. The summed E-state index contributed by atoms with van der Waals surface area (Å²) in [7, 11) is 1.57. The maximum absolute atomic E-state index is 11.2. The van der Waals surface area contributed by atoms with Gasteiger partial charge in [-0.05, 0) is 6.07 Å². The van der Waals surface area contributed by atoms with E-state index in [1.54, 1.807) is 25.4 Å². The van der Waals surface area contributed by atoms with Crippen LogP contribution in [0.5, 0.6) is 5.75 Å². The molecular formula is C9H11NO2. The summed E-state index contributed by atoms with van der Waals surface area (Å²) in [5, 5.41) is 0. The molecule has 0 amide bonds. The maximum atomic E-state index is 11.2. The molecule has 64 valence electrons. The molecule has 0 bridgehead atoms. The summed E-state index contributed by atoms with van der Waals surface area (Å²) in [5.41, 5.74) is 0.469. The van der Waals surface area contributed by atoms with Crippen LogP contribution >= 0.6 is 0 Å². The van der Waals surface area contributed by atoms with Gasteiger partial charge in [-0.1, -0.05) is 6.92 Å². The lowest BCUT2D eigenvalue weighted by molar-refractivity contribution is 0.0983. The van der Waals surface area contributed by atoms with Gasteiger partial charge in [-0.2, -0.15) is 0 Å². The number of carbonyl (C=O) groups is 1. The number of ketones is 1. The first kappa shape index (κ1) is 8.71. The Balaban J connectivity index is 2.93. The van der Waals surface area contributed by atoms with Crippen LogP contribution in [0.15, 0.2) is 18.3 Å². The van der Waals surface area contributed by atoms with Crippen LogP contribution in [-0.2, 0) is 0 Å². The molecule has 0 saturated heterocycles. The zero-order valence-corrected chi connectivity index (χ0v) is 7.20. The van der Waals surface area contributed by atoms with Crippen molar-refractivity contribution in [3.63, 3.8) is 0 Å². The number of nitrogens with zero attached hydrogens (tertiary/aromatic N) is 1. The lowest BCUT2D eigenvalue weighted by Crippen LogP contribution is -1.99. The minimum Gasteiger partial charge on any atom is -0.497 e. The van der Waals surface area contributed by atoms with Crippen molar-refractivity contribution >= 4 is 5.78 Å². The van der Waals surface area contributed by atoms with Crippen molar-refractivity contribution in [2.24, 2.45) is 0 Å².